The first kappa shape index (κ1) is 18.2. The molecular weight excluding hydrogens is 344 g/mol. The highest BCUT2D eigenvalue weighted by Crippen LogP contribution is 2.18. The van der Waals surface area contributed by atoms with Crippen molar-refractivity contribution in [1.29, 1.82) is 0 Å². The first-order chi connectivity index (χ1) is 11.6. The van der Waals surface area contributed by atoms with Gasteiger partial charge in [-0.15, -0.1) is 0 Å². The third kappa shape index (κ3) is 5.51. The first-order valence-electron chi connectivity index (χ1n) is 7.60. The predicted octanol–water partition coefficient (Wildman–Crippen LogP) is 4.37. The van der Waals surface area contributed by atoms with Gasteiger partial charge in [0.1, 0.15) is 0 Å². The fraction of sp³-hybridized carbons (Fsp3) is 0.222. The summed E-state index contributed by atoms with van der Waals surface area (Å²) in [6, 6.07) is 17.5. The van der Waals surface area contributed by atoms with Gasteiger partial charge in [-0.05, 0) is 36.3 Å². The summed E-state index contributed by atoms with van der Waals surface area (Å²) >= 11 is 11.6. The number of nitrogens with one attached hydrogen (secondary N) is 1. The van der Waals surface area contributed by atoms with E-state index in [-0.39, 0.29) is 6.61 Å². The van der Waals surface area contributed by atoms with Gasteiger partial charge in [0.05, 0.1) is 6.61 Å². The quantitative estimate of drug-likeness (QED) is 0.802. The molecule has 126 valence electrons. The van der Waals surface area contributed by atoms with E-state index in [1.54, 1.807) is 6.92 Å². The maximum absolute atomic E-state index is 11.7. The van der Waals surface area contributed by atoms with Crippen molar-refractivity contribution >= 4 is 35.0 Å². The summed E-state index contributed by atoms with van der Waals surface area (Å²) in [4.78, 5) is 13.5. The van der Waals surface area contributed by atoms with E-state index in [4.69, 9.17) is 28.6 Å². The fourth-order valence-corrected chi connectivity index (χ4v) is 2.58. The highest BCUT2D eigenvalue weighted by atomic mass is 35.5. The molecule has 0 saturated heterocycles. The lowest BCUT2D eigenvalue weighted by Gasteiger charge is -2.26. The molecule has 0 unspecified atom stereocenters. The van der Waals surface area contributed by atoms with E-state index in [1.807, 2.05) is 59.5 Å². The number of hydrogen-bond donors (Lipinski definition) is 1. The smallest absolute Gasteiger partial charge is 0.413 e. The largest absolute Gasteiger partial charge is 0.450 e. The third-order valence-electron chi connectivity index (χ3n) is 3.31. The van der Waals surface area contributed by atoms with Crippen LogP contribution >= 0.6 is 23.8 Å². The molecule has 0 aliphatic rings. The number of thiocarbonyl (C=S) groups is 1. The lowest BCUT2D eigenvalue weighted by atomic mass is 10.2. The van der Waals surface area contributed by atoms with Gasteiger partial charge in [-0.3, -0.25) is 5.32 Å². The molecule has 0 fully saturated rings. The van der Waals surface area contributed by atoms with E-state index >= 15 is 0 Å². The van der Waals surface area contributed by atoms with E-state index in [1.165, 1.54) is 0 Å². The molecule has 0 aliphatic heterocycles. The van der Waals surface area contributed by atoms with Crippen LogP contribution in [0.4, 0.5) is 4.79 Å². The number of alkyl carbamates (subject to hydrolysis) is 1. The van der Waals surface area contributed by atoms with Gasteiger partial charge >= 0.3 is 6.09 Å². The molecule has 0 aromatic heterocycles. The molecule has 24 heavy (non-hydrogen) atoms. The highest BCUT2D eigenvalue weighted by molar-refractivity contribution is 7.80. The molecule has 0 heterocycles. The van der Waals surface area contributed by atoms with Gasteiger partial charge < -0.3 is 9.64 Å². The van der Waals surface area contributed by atoms with Crippen molar-refractivity contribution < 1.29 is 9.53 Å². The van der Waals surface area contributed by atoms with E-state index in [0.29, 0.717) is 23.2 Å². The Kier molecular flexibility index (Phi) is 7.03. The fourth-order valence-electron chi connectivity index (χ4n) is 2.17. The molecule has 2 aromatic rings. The summed E-state index contributed by atoms with van der Waals surface area (Å²) in [7, 11) is 0. The minimum Gasteiger partial charge on any atom is -0.450 e. The minimum absolute atomic E-state index is 0.289. The van der Waals surface area contributed by atoms with Crippen LogP contribution in [0.2, 0.25) is 5.02 Å². The number of hydrogen-bond acceptors (Lipinski definition) is 3. The Morgan fingerprint density at radius 2 is 1.79 bits per heavy atom. The minimum atomic E-state index is -0.556. The normalized spacial score (nSPS) is 10.1. The number of amides is 1. The Balaban J connectivity index is 2.16. The molecule has 4 nitrogen and oxygen atoms in total. The molecule has 2 rings (SSSR count). The van der Waals surface area contributed by atoms with Crippen LogP contribution in [0.25, 0.3) is 0 Å². The molecule has 0 spiro atoms. The van der Waals surface area contributed by atoms with Crippen molar-refractivity contribution in [2.45, 2.75) is 20.0 Å². The number of rotatable bonds is 5. The standard InChI is InChI=1S/C18H19ClN2O2S/c1-2-23-18(22)20-17(24)21(12-14-8-4-3-5-9-14)13-15-10-6-7-11-16(15)19/h3-11H,2,12-13H2,1H3,(H,20,22,24). The van der Waals surface area contributed by atoms with Gasteiger partial charge in [0.2, 0.25) is 0 Å². The Labute approximate surface area is 152 Å². The zero-order chi connectivity index (χ0) is 17.4. The summed E-state index contributed by atoms with van der Waals surface area (Å²) in [5.41, 5.74) is 2.01. The molecule has 2 aromatic carbocycles. The number of halogens is 1. The number of ether oxygens (including phenoxy) is 1. The lowest BCUT2D eigenvalue weighted by Crippen LogP contribution is -2.42. The van der Waals surface area contributed by atoms with Gasteiger partial charge in [-0.1, -0.05) is 60.1 Å². The molecule has 0 saturated carbocycles. The third-order valence-corrected chi connectivity index (χ3v) is 4.04. The predicted molar refractivity (Wildman–Crippen MR) is 99.9 cm³/mol. The van der Waals surface area contributed by atoms with Crippen molar-refractivity contribution in [1.82, 2.24) is 10.2 Å². The topological polar surface area (TPSA) is 41.6 Å². The molecule has 0 radical (unpaired) electrons. The molecule has 6 heteroatoms. The van der Waals surface area contributed by atoms with Gasteiger partial charge in [0.25, 0.3) is 0 Å². The zero-order valence-corrected chi connectivity index (χ0v) is 14.9. The number of carbonyl (C=O) groups is 1. The summed E-state index contributed by atoms with van der Waals surface area (Å²) in [5.74, 6) is 0. The monoisotopic (exact) mass is 362 g/mol. The Morgan fingerprint density at radius 3 is 2.46 bits per heavy atom. The average Bonchev–Trinajstić information content (AvgIpc) is 2.57. The number of benzene rings is 2. The molecule has 0 atom stereocenters. The van der Waals surface area contributed by atoms with Crippen LogP contribution in [0.3, 0.4) is 0 Å². The second kappa shape index (κ2) is 9.25. The van der Waals surface area contributed by atoms with Crippen LogP contribution in [0.5, 0.6) is 0 Å². The van der Waals surface area contributed by atoms with Crippen molar-refractivity contribution in [3.63, 3.8) is 0 Å². The molecular formula is C18H19ClN2O2S. The zero-order valence-electron chi connectivity index (χ0n) is 13.4. The Hall–Kier alpha value is -2.11. The molecule has 0 bridgehead atoms. The average molecular weight is 363 g/mol. The lowest BCUT2D eigenvalue weighted by molar-refractivity contribution is 0.156. The van der Waals surface area contributed by atoms with Crippen LogP contribution in [0.15, 0.2) is 54.6 Å². The summed E-state index contributed by atoms with van der Waals surface area (Å²) in [6.45, 7) is 3.07. The second-order valence-corrected chi connectivity index (χ2v) is 5.88. The van der Waals surface area contributed by atoms with Crippen LogP contribution in [-0.4, -0.2) is 22.7 Å². The van der Waals surface area contributed by atoms with E-state index < -0.39 is 6.09 Å². The maximum atomic E-state index is 11.7. The number of nitrogens with zero attached hydrogens (tertiary/aromatic N) is 1. The molecule has 1 amide bonds. The Bertz CT molecular complexity index is 694. The van der Waals surface area contributed by atoms with Gasteiger partial charge in [-0.2, -0.15) is 0 Å². The van der Waals surface area contributed by atoms with Gasteiger partial charge in [-0.25, -0.2) is 4.79 Å². The van der Waals surface area contributed by atoms with Crippen LogP contribution in [0, 0.1) is 0 Å². The summed E-state index contributed by atoms with van der Waals surface area (Å²) in [5, 5.41) is 3.56. The van der Waals surface area contributed by atoms with E-state index in [2.05, 4.69) is 5.32 Å². The van der Waals surface area contributed by atoms with Crippen molar-refractivity contribution in [3.8, 4) is 0 Å². The van der Waals surface area contributed by atoms with E-state index in [9.17, 15) is 4.79 Å². The first-order valence-corrected chi connectivity index (χ1v) is 8.38. The van der Waals surface area contributed by atoms with Gasteiger partial charge in [0.15, 0.2) is 5.11 Å². The molecule has 1 N–H and O–H groups in total. The van der Waals surface area contributed by atoms with E-state index in [0.717, 1.165) is 11.1 Å². The van der Waals surface area contributed by atoms with Crippen molar-refractivity contribution in [2.24, 2.45) is 0 Å². The summed E-state index contributed by atoms with van der Waals surface area (Å²) in [6.07, 6.45) is -0.556. The molecule has 0 aliphatic carbocycles. The number of carbonyl (C=O) groups excluding carboxylic acids is 1. The SMILES string of the molecule is CCOC(=O)NC(=S)N(Cc1ccccc1)Cc1ccccc1Cl. The van der Waals surface area contributed by atoms with Crippen LogP contribution in [-0.2, 0) is 17.8 Å². The van der Waals surface area contributed by atoms with Crippen LogP contribution in [0.1, 0.15) is 18.1 Å². The van der Waals surface area contributed by atoms with Crippen molar-refractivity contribution in [3.05, 3.63) is 70.7 Å². The maximum Gasteiger partial charge on any atom is 0.413 e. The van der Waals surface area contributed by atoms with Crippen LogP contribution < -0.4 is 5.32 Å². The second-order valence-electron chi connectivity index (χ2n) is 5.08. The summed E-state index contributed by atoms with van der Waals surface area (Å²) < 4.78 is 4.90. The highest BCUT2D eigenvalue weighted by Gasteiger charge is 2.15. The van der Waals surface area contributed by atoms with Crippen molar-refractivity contribution in [2.75, 3.05) is 6.61 Å². The Morgan fingerprint density at radius 1 is 1.12 bits per heavy atom. The van der Waals surface area contributed by atoms with Gasteiger partial charge in [0, 0.05) is 18.1 Å².